The molecule has 3 heteroatoms. The fourth-order valence-electron chi connectivity index (χ4n) is 2.35. The van der Waals surface area contributed by atoms with E-state index in [9.17, 15) is 0 Å². The summed E-state index contributed by atoms with van der Waals surface area (Å²) in [7, 11) is 0. The van der Waals surface area contributed by atoms with Gasteiger partial charge in [-0.15, -0.1) is 0 Å². The van der Waals surface area contributed by atoms with E-state index in [2.05, 4.69) is 23.0 Å². The van der Waals surface area contributed by atoms with E-state index in [-0.39, 0.29) is 0 Å². The number of furan rings is 1. The van der Waals surface area contributed by atoms with E-state index in [1.807, 2.05) is 42.5 Å². The first-order chi connectivity index (χ1) is 9.29. The van der Waals surface area contributed by atoms with Crippen LogP contribution >= 0.6 is 0 Å². The summed E-state index contributed by atoms with van der Waals surface area (Å²) in [4.78, 5) is 7.83. The van der Waals surface area contributed by atoms with Crippen LogP contribution < -0.4 is 0 Å². The Kier molecular flexibility index (Phi) is 2.03. The lowest BCUT2D eigenvalue weighted by Gasteiger charge is -1.89. The Bertz CT molecular complexity index is 853. The van der Waals surface area contributed by atoms with Gasteiger partial charge in [-0.3, -0.25) is 0 Å². The number of nitrogens with zero attached hydrogens (tertiary/aromatic N) is 1. The summed E-state index contributed by atoms with van der Waals surface area (Å²) in [5.74, 6) is 1.55. The Morgan fingerprint density at radius 2 is 1.95 bits per heavy atom. The van der Waals surface area contributed by atoms with Crippen LogP contribution in [0.4, 0.5) is 0 Å². The molecule has 0 radical (unpaired) electrons. The van der Waals surface area contributed by atoms with Crippen LogP contribution in [-0.2, 0) is 0 Å². The minimum atomic E-state index is 0.773. The summed E-state index contributed by atoms with van der Waals surface area (Å²) < 4.78 is 5.84. The fourth-order valence-corrected chi connectivity index (χ4v) is 2.35. The molecule has 0 aliphatic carbocycles. The lowest BCUT2D eigenvalue weighted by atomic mass is 10.2. The van der Waals surface area contributed by atoms with Crippen molar-refractivity contribution in [3.05, 3.63) is 54.1 Å². The summed E-state index contributed by atoms with van der Waals surface area (Å²) in [5, 5.41) is 1.11. The van der Waals surface area contributed by atoms with E-state index in [1.165, 1.54) is 5.56 Å². The second kappa shape index (κ2) is 3.72. The van der Waals surface area contributed by atoms with Crippen molar-refractivity contribution in [1.82, 2.24) is 9.97 Å². The van der Waals surface area contributed by atoms with Crippen molar-refractivity contribution in [2.45, 2.75) is 6.92 Å². The smallest absolute Gasteiger partial charge is 0.174 e. The lowest BCUT2D eigenvalue weighted by molar-refractivity contribution is 0.626. The summed E-state index contributed by atoms with van der Waals surface area (Å²) in [6.07, 6.45) is 0. The molecule has 1 N–H and O–H groups in total. The number of nitrogens with one attached hydrogen (secondary N) is 1. The maximum Gasteiger partial charge on any atom is 0.174 e. The highest BCUT2D eigenvalue weighted by molar-refractivity contribution is 5.84. The van der Waals surface area contributed by atoms with Crippen molar-refractivity contribution >= 4 is 22.0 Å². The summed E-state index contributed by atoms with van der Waals surface area (Å²) >= 11 is 0. The third kappa shape index (κ3) is 1.63. The zero-order valence-electron chi connectivity index (χ0n) is 10.5. The van der Waals surface area contributed by atoms with E-state index >= 15 is 0 Å². The predicted octanol–water partition coefficient (Wildman–Crippen LogP) is 4.28. The van der Waals surface area contributed by atoms with Gasteiger partial charge in [-0.1, -0.05) is 23.8 Å². The highest BCUT2D eigenvalue weighted by Crippen LogP contribution is 2.28. The van der Waals surface area contributed by atoms with Gasteiger partial charge in [0.05, 0.1) is 11.0 Å². The van der Waals surface area contributed by atoms with E-state index < -0.39 is 0 Å². The van der Waals surface area contributed by atoms with Crippen molar-refractivity contribution in [2.24, 2.45) is 0 Å². The predicted molar refractivity (Wildman–Crippen MR) is 76.0 cm³/mol. The monoisotopic (exact) mass is 248 g/mol. The molecule has 0 saturated carbocycles. The first kappa shape index (κ1) is 10.4. The molecule has 0 spiro atoms. The molecule has 4 aromatic rings. The molecule has 0 unspecified atom stereocenters. The first-order valence-corrected chi connectivity index (χ1v) is 6.25. The van der Waals surface area contributed by atoms with Crippen molar-refractivity contribution in [3.8, 4) is 11.6 Å². The Balaban J connectivity index is 1.93. The highest BCUT2D eigenvalue weighted by atomic mass is 16.3. The zero-order valence-corrected chi connectivity index (χ0v) is 10.5. The van der Waals surface area contributed by atoms with Crippen molar-refractivity contribution in [3.63, 3.8) is 0 Å². The molecule has 0 fully saturated rings. The van der Waals surface area contributed by atoms with Crippen LogP contribution in [0.2, 0.25) is 0 Å². The van der Waals surface area contributed by atoms with Gasteiger partial charge in [0, 0.05) is 5.39 Å². The Morgan fingerprint density at radius 3 is 2.84 bits per heavy atom. The molecule has 0 bridgehead atoms. The summed E-state index contributed by atoms with van der Waals surface area (Å²) in [6, 6.07) is 16.2. The van der Waals surface area contributed by atoms with Crippen LogP contribution in [-0.4, -0.2) is 9.97 Å². The average molecular weight is 248 g/mol. The van der Waals surface area contributed by atoms with Crippen molar-refractivity contribution < 1.29 is 4.42 Å². The van der Waals surface area contributed by atoms with E-state index in [0.29, 0.717) is 0 Å². The number of H-pyrrole nitrogens is 1. The normalized spacial score (nSPS) is 11.4. The topological polar surface area (TPSA) is 41.8 Å². The van der Waals surface area contributed by atoms with Gasteiger partial charge in [0.1, 0.15) is 5.58 Å². The van der Waals surface area contributed by atoms with Gasteiger partial charge in [-0.25, -0.2) is 4.98 Å². The lowest BCUT2D eigenvalue weighted by Crippen LogP contribution is -1.74. The molecule has 92 valence electrons. The number of aromatic nitrogens is 2. The van der Waals surface area contributed by atoms with Gasteiger partial charge in [0.2, 0.25) is 0 Å². The Morgan fingerprint density at radius 1 is 1.05 bits per heavy atom. The fraction of sp³-hybridized carbons (Fsp3) is 0.0625. The summed E-state index contributed by atoms with van der Waals surface area (Å²) in [5.41, 5.74) is 4.09. The maximum atomic E-state index is 5.84. The molecule has 0 amide bonds. The van der Waals surface area contributed by atoms with E-state index in [0.717, 1.165) is 33.6 Å². The number of imidazole rings is 1. The number of hydrogen-bond acceptors (Lipinski definition) is 2. The van der Waals surface area contributed by atoms with Crippen LogP contribution in [0.5, 0.6) is 0 Å². The third-order valence-electron chi connectivity index (χ3n) is 3.29. The number of para-hydroxylation sites is 2. The van der Waals surface area contributed by atoms with Crippen LogP contribution in [0.15, 0.2) is 52.9 Å². The second-order valence-electron chi connectivity index (χ2n) is 4.75. The largest absolute Gasteiger partial charge is 0.453 e. The van der Waals surface area contributed by atoms with Gasteiger partial charge in [0.15, 0.2) is 11.6 Å². The standard InChI is InChI=1S/C16H12N2O/c1-10-6-7-14-11(8-10)9-15(19-14)16-17-12-4-2-3-5-13(12)18-16/h2-9H,1H3,(H,17,18). The number of hydrogen-bond donors (Lipinski definition) is 1. The van der Waals surface area contributed by atoms with E-state index in [1.54, 1.807) is 0 Å². The van der Waals surface area contributed by atoms with Crippen LogP contribution in [0.1, 0.15) is 5.56 Å². The number of fused-ring (bicyclic) bond motifs is 2. The highest BCUT2D eigenvalue weighted by Gasteiger charge is 2.10. The molecule has 19 heavy (non-hydrogen) atoms. The molecule has 2 heterocycles. The quantitative estimate of drug-likeness (QED) is 0.546. The molecule has 0 aliphatic heterocycles. The Labute approximate surface area is 109 Å². The van der Waals surface area contributed by atoms with Gasteiger partial charge in [-0.2, -0.15) is 0 Å². The molecule has 0 saturated heterocycles. The van der Waals surface area contributed by atoms with E-state index in [4.69, 9.17) is 4.42 Å². The second-order valence-corrected chi connectivity index (χ2v) is 4.75. The van der Waals surface area contributed by atoms with Gasteiger partial charge in [-0.05, 0) is 37.3 Å². The van der Waals surface area contributed by atoms with Gasteiger partial charge >= 0.3 is 0 Å². The molecule has 3 nitrogen and oxygen atoms in total. The number of aryl methyl sites for hydroxylation is 1. The van der Waals surface area contributed by atoms with Crippen molar-refractivity contribution in [1.29, 1.82) is 0 Å². The third-order valence-corrected chi connectivity index (χ3v) is 3.29. The van der Waals surface area contributed by atoms with Crippen LogP contribution in [0.25, 0.3) is 33.6 Å². The SMILES string of the molecule is Cc1ccc2oc(-c3nc4ccccc4[nH]3)cc2c1. The van der Waals surface area contributed by atoms with Gasteiger partial charge in [0.25, 0.3) is 0 Å². The van der Waals surface area contributed by atoms with Crippen molar-refractivity contribution in [2.75, 3.05) is 0 Å². The molecule has 2 aromatic carbocycles. The average Bonchev–Trinajstić information content (AvgIpc) is 3.00. The summed E-state index contributed by atoms with van der Waals surface area (Å²) in [6.45, 7) is 2.08. The zero-order chi connectivity index (χ0) is 12.8. The number of rotatable bonds is 1. The molecule has 4 rings (SSSR count). The minimum absolute atomic E-state index is 0.773. The minimum Gasteiger partial charge on any atom is -0.453 e. The van der Waals surface area contributed by atoms with Crippen LogP contribution in [0.3, 0.4) is 0 Å². The molecular weight excluding hydrogens is 236 g/mol. The van der Waals surface area contributed by atoms with Gasteiger partial charge < -0.3 is 9.40 Å². The molecular formula is C16H12N2O. The maximum absolute atomic E-state index is 5.84. The molecule has 0 aliphatic rings. The molecule has 0 atom stereocenters. The first-order valence-electron chi connectivity index (χ1n) is 6.25. The molecule has 2 aromatic heterocycles. The number of benzene rings is 2. The number of aromatic amines is 1. The van der Waals surface area contributed by atoms with Crippen LogP contribution in [0, 0.1) is 6.92 Å². The Hall–Kier alpha value is -2.55.